The molecule has 1 aromatic carbocycles. The van der Waals surface area contributed by atoms with Crippen LogP contribution >= 0.6 is 11.6 Å². The molecule has 120 valence electrons. The van der Waals surface area contributed by atoms with Gasteiger partial charge in [-0.3, -0.25) is 0 Å². The van der Waals surface area contributed by atoms with Crippen molar-refractivity contribution in [3.8, 4) is 0 Å². The highest BCUT2D eigenvalue weighted by atomic mass is 35.5. The van der Waals surface area contributed by atoms with Crippen LogP contribution in [0.5, 0.6) is 0 Å². The number of nitrogens with two attached hydrogens (primary N) is 1. The minimum absolute atomic E-state index is 0.106. The van der Waals surface area contributed by atoms with Gasteiger partial charge in [0.1, 0.15) is 4.90 Å². The first kappa shape index (κ1) is 18.2. The van der Waals surface area contributed by atoms with Crippen LogP contribution in [0, 0.1) is 11.7 Å². The fraction of sp³-hybridized carbons (Fsp3) is 0.571. The van der Waals surface area contributed by atoms with Crippen molar-refractivity contribution >= 4 is 27.3 Å². The lowest BCUT2D eigenvalue weighted by atomic mass is 10.0. The summed E-state index contributed by atoms with van der Waals surface area (Å²) < 4.78 is 40.7. The summed E-state index contributed by atoms with van der Waals surface area (Å²) in [6, 6.07) is 1.97. The molecule has 1 aromatic rings. The van der Waals surface area contributed by atoms with E-state index in [1.807, 2.05) is 0 Å². The Kier molecular flexibility index (Phi) is 6.43. The third-order valence-corrected chi connectivity index (χ3v) is 4.95. The van der Waals surface area contributed by atoms with Crippen molar-refractivity contribution in [2.24, 2.45) is 5.92 Å². The number of nitrogen functional groups attached to an aromatic ring is 1. The monoisotopic (exact) mass is 336 g/mol. The van der Waals surface area contributed by atoms with Crippen LogP contribution in [0.15, 0.2) is 17.0 Å². The van der Waals surface area contributed by atoms with Gasteiger partial charge in [-0.15, -0.1) is 0 Å². The Morgan fingerprint density at radius 1 is 1.29 bits per heavy atom. The van der Waals surface area contributed by atoms with Crippen molar-refractivity contribution in [2.75, 3.05) is 5.73 Å². The van der Waals surface area contributed by atoms with E-state index in [9.17, 15) is 12.8 Å². The summed E-state index contributed by atoms with van der Waals surface area (Å²) in [7, 11) is -3.98. The molecule has 3 N–H and O–H groups in total. The van der Waals surface area contributed by atoms with Gasteiger partial charge in [0.2, 0.25) is 10.0 Å². The minimum Gasteiger partial charge on any atom is -0.399 e. The lowest BCUT2D eigenvalue weighted by Gasteiger charge is -2.15. The second kappa shape index (κ2) is 7.42. The zero-order valence-corrected chi connectivity index (χ0v) is 14.1. The highest BCUT2D eigenvalue weighted by Gasteiger charge is 2.23. The molecule has 7 heteroatoms. The number of sulfonamides is 1. The highest BCUT2D eigenvalue weighted by Crippen LogP contribution is 2.26. The number of halogens is 2. The van der Waals surface area contributed by atoms with Crippen molar-refractivity contribution in [1.82, 2.24) is 4.72 Å². The van der Waals surface area contributed by atoms with E-state index in [1.165, 1.54) is 6.07 Å². The van der Waals surface area contributed by atoms with Gasteiger partial charge in [-0.2, -0.15) is 0 Å². The van der Waals surface area contributed by atoms with Gasteiger partial charge in [0.25, 0.3) is 0 Å². The summed E-state index contributed by atoms with van der Waals surface area (Å²) in [6.45, 7) is 5.97. The quantitative estimate of drug-likeness (QED) is 0.748. The van der Waals surface area contributed by atoms with Gasteiger partial charge in [0.05, 0.1) is 5.02 Å². The molecule has 1 rings (SSSR count). The Hall–Kier alpha value is -0.850. The second-order valence-corrected chi connectivity index (χ2v) is 7.75. The Labute approximate surface area is 130 Å². The van der Waals surface area contributed by atoms with Gasteiger partial charge in [0, 0.05) is 11.7 Å². The number of benzene rings is 1. The summed E-state index contributed by atoms with van der Waals surface area (Å²) in [5, 5.41) is -0.303. The predicted molar refractivity (Wildman–Crippen MR) is 84.3 cm³/mol. The van der Waals surface area contributed by atoms with Crippen molar-refractivity contribution in [2.45, 2.75) is 51.0 Å². The molecule has 0 amide bonds. The fourth-order valence-electron chi connectivity index (χ4n) is 2.00. The van der Waals surface area contributed by atoms with E-state index in [4.69, 9.17) is 17.3 Å². The van der Waals surface area contributed by atoms with Crippen LogP contribution < -0.4 is 10.5 Å². The molecule has 0 fully saturated rings. The molecule has 0 aliphatic rings. The molecule has 0 aliphatic heterocycles. The molecule has 0 saturated heterocycles. The van der Waals surface area contributed by atoms with Gasteiger partial charge in [0.15, 0.2) is 5.82 Å². The molecule has 21 heavy (non-hydrogen) atoms. The van der Waals surface area contributed by atoms with Gasteiger partial charge in [-0.25, -0.2) is 17.5 Å². The molecule has 0 bridgehead atoms. The van der Waals surface area contributed by atoms with Crippen LogP contribution in [0.2, 0.25) is 5.02 Å². The van der Waals surface area contributed by atoms with Crippen LogP contribution in [0.3, 0.4) is 0 Å². The Bertz CT molecular complexity index is 591. The third kappa shape index (κ3) is 5.45. The van der Waals surface area contributed by atoms with E-state index in [0.717, 1.165) is 18.9 Å². The van der Waals surface area contributed by atoms with E-state index < -0.39 is 20.7 Å². The molecule has 0 saturated carbocycles. The average Bonchev–Trinajstić information content (AvgIpc) is 2.32. The molecule has 0 heterocycles. The summed E-state index contributed by atoms with van der Waals surface area (Å²) >= 11 is 5.63. The van der Waals surface area contributed by atoms with Crippen LogP contribution in [-0.2, 0) is 10.0 Å². The summed E-state index contributed by atoms with van der Waals surface area (Å²) in [5.74, 6) is -0.410. The maximum atomic E-state index is 13.9. The van der Waals surface area contributed by atoms with Crippen molar-refractivity contribution < 1.29 is 12.8 Å². The average molecular weight is 337 g/mol. The summed E-state index contributed by atoms with van der Waals surface area (Å²) in [4.78, 5) is -0.511. The fourth-order valence-corrected chi connectivity index (χ4v) is 3.69. The number of nitrogens with one attached hydrogen (secondary N) is 1. The van der Waals surface area contributed by atoms with Crippen LogP contribution in [-0.4, -0.2) is 14.5 Å². The van der Waals surface area contributed by atoms with E-state index in [0.29, 0.717) is 12.3 Å². The molecule has 4 nitrogen and oxygen atoms in total. The SMILES string of the molecule is CC(C)CCCC(C)NS(=O)(=O)c1cc(N)cc(Cl)c1F. The minimum atomic E-state index is -3.98. The first-order chi connectivity index (χ1) is 9.63. The first-order valence-corrected chi connectivity index (χ1v) is 8.76. The molecule has 0 aliphatic carbocycles. The van der Waals surface area contributed by atoms with Gasteiger partial charge < -0.3 is 5.73 Å². The predicted octanol–water partition coefficient (Wildman–Crippen LogP) is 3.55. The van der Waals surface area contributed by atoms with Crippen molar-refractivity contribution in [3.05, 3.63) is 23.0 Å². The van der Waals surface area contributed by atoms with Crippen molar-refractivity contribution in [3.63, 3.8) is 0 Å². The zero-order valence-electron chi connectivity index (χ0n) is 12.5. The molecule has 0 spiro atoms. The normalized spacial score (nSPS) is 13.6. The molecule has 0 radical (unpaired) electrons. The Morgan fingerprint density at radius 3 is 2.48 bits per heavy atom. The molecule has 0 aromatic heterocycles. The van der Waals surface area contributed by atoms with Gasteiger partial charge in [-0.05, 0) is 31.4 Å². The summed E-state index contributed by atoms with van der Waals surface area (Å²) in [5.41, 5.74) is 5.63. The third-order valence-electron chi connectivity index (χ3n) is 3.08. The van der Waals surface area contributed by atoms with Crippen LogP contribution in [0.4, 0.5) is 10.1 Å². The second-order valence-electron chi connectivity index (χ2n) is 5.66. The smallest absolute Gasteiger partial charge is 0.243 e. The highest BCUT2D eigenvalue weighted by molar-refractivity contribution is 7.89. The largest absolute Gasteiger partial charge is 0.399 e. The van der Waals surface area contributed by atoms with Crippen LogP contribution in [0.1, 0.15) is 40.0 Å². The molecular formula is C14H22ClFN2O2S. The van der Waals surface area contributed by atoms with E-state index in [2.05, 4.69) is 18.6 Å². The molecule has 1 atom stereocenters. The van der Waals surface area contributed by atoms with E-state index in [-0.39, 0.29) is 16.8 Å². The number of rotatable bonds is 7. The maximum absolute atomic E-state index is 13.9. The van der Waals surface area contributed by atoms with E-state index in [1.54, 1.807) is 6.92 Å². The van der Waals surface area contributed by atoms with Crippen LogP contribution in [0.25, 0.3) is 0 Å². The van der Waals surface area contributed by atoms with Crippen molar-refractivity contribution in [1.29, 1.82) is 0 Å². The van der Waals surface area contributed by atoms with Gasteiger partial charge in [-0.1, -0.05) is 38.3 Å². The van der Waals surface area contributed by atoms with Gasteiger partial charge >= 0.3 is 0 Å². The van der Waals surface area contributed by atoms with E-state index >= 15 is 0 Å². The first-order valence-electron chi connectivity index (χ1n) is 6.90. The lowest BCUT2D eigenvalue weighted by Crippen LogP contribution is -2.33. The Balaban J connectivity index is 2.82. The topological polar surface area (TPSA) is 72.2 Å². The molecule has 1 unspecified atom stereocenters. The number of hydrogen-bond acceptors (Lipinski definition) is 3. The number of anilines is 1. The maximum Gasteiger partial charge on any atom is 0.243 e. The standard InChI is InChI=1S/C14H22ClFN2O2S/c1-9(2)5-4-6-10(3)18-21(19,20)13-8-11(17)7-12(15)14(13)16/h7-10,18H,4-6,17H2,1-3H3. The zero-order chi connectivity index (χ0) is 16.2. The number of hydrogen-bond donors (Lipinski definition) is 2. The molecular weight excluding hydrogens is 315 g/mol. The summed E-state index contributed by atoms with van der Waals surface area (Å²) in [6.07, 6.45) is 2.61. The lowest BCUT2D eigenvalue weighted by molar-refractivity contribution is 0.486. The Morgan fingerprint density at radius 2 is 1.90 bits per heavy atom.